The van der Waals surface area contributed by atoms with Crippen LogP contribution in [-0.4, -0.2) is 16.7 Å². The maximum absolute atomic E-state index is 5.39. The molecule has 0 spiro atoms. The van der Waals surface area contributed by atoms with Crippen LogP contribution in [0.15, 0.2) is 78.9 Å². The van der Waals surface area contributed by atoms with Crippen LogP contribution >= 0.6 is 0 Å². The number of aryl methyl sites for hydroxylation is 2. The molecule has 3 aromatic carbocycles. The fraction of sp³-hybridized carbons (Fsp3) is 0.174. The first-order chi connectivity index (χ1) is 12.8. The zero-order chi connectivity index (χ0) is 17.8. The van der Waals surface area contributed by atoms with E-state index in [1.807, 2.05) is 18.2 Å². The molecular weight excluding hydrogens is 320 g/mol. The summed E-state index contributed by atoms with van der Waals surface area (Å²) in [5.41, 5.74) is 4.67. The number of rotatable bonds is 6. The van der Waals surface area contributed by atoms with Crippen LogP contribution in [0.5, 0.6) is 5.75 Å². The van der Waals surface area contributed by atoms with Crippen LogP contribution in [0.3, 0.4) is 0 Å². The molecule has 0 fully saturated rings. The highest BCUT2D eigenvalue weighted by atomic mass is 16.5. The standard InChI is InChI=1S/C23H22N2O/c1-26-20-13-7-12-19(17-20)23-24-21-14-5-6-15-22(21)25(23)16-8-11-18-9-3-2-4-10-18/h2-7,9-10,12-15,17H,8,11,16H2,1H3. The van der Waals surface area contributed by atoms with E-state index in [4.69, 9.17) is 9.72 Å². The molecular formula is C23H22N2O. The first-order valence-electron chi connectivity index (χ1n) is 8.99. The van der Waals surface area contributed by atoms with E-state index < -0.39 is 0 Å². The predicted octanol–water partition coefficient (Wildman–Crippen LogP) is 5.34. The Morgan fingerprint density at radius 1 is 0.885 bits per heavy atom. The van der Waals surface area contributed by atoms with Gasteiger partial charge in [-0.3, -0.25) is 0 Å². The Bertz CT molecular complexity index is 1010. The number of aromatic nitrogens is 2. The number of nitrogens with zero attached hydrogens (tertiary/aromatic N) is 2. The van der Waals surface area contributed by atoms with E-state index in [2.05, 4.69) is 65.2 Å². The number of fused-ring (bicyclic) bond motifs is 1. The first-order valence-corrected chi connectivity index (χ1v) is 8.99. The Balaban J connectivity index is 1.67. The molecule has 0 N–H and O–H groups in total. The molecule has 0 aliphatic heterocycles. The van der Waals surface area contributed by atoms with Crippen molar-refractivity contribution in [2.24, 2.45) is 0 Å². The zero-order valence-corrected chi connectivity index (χ0v) is 14.9. The average molecular weight is 342 g/mol. The number of para-hydroxylation sites is 2. The molecule has 3 nitrogen and oxygen atoms in total. The molecule has 1 aromatic heterocycles. The summed E-state index contributed by atoms with van der Waals surface area (Å²) in [5.74, 6) is 1.85. The summed E-state index contributed by atoms with van der Waals surface area (Å²) < 4.78 is 7.72. The van der Waals surface area contributed by atoms with E-state index >= 15 is 0 Å². The van der Waals surface area contributed by atoms with Gasteiger partial charge in [-0.2, -0.15) is 0 Å². The van der Waals surface area contributed by atoms with Gasteiger partial charge in [-0.15, -0.1) is 0 Å². The van der Waals surface area contributed by atoms with E-state index in [0.717, 1.165) is 42.0 Å². The molecule has 0 saturated heterocycles. The minimum Gasteiger partial charge on any atom is -0.497 e. The summed E-state index contributed by atoms with van der Waals surface area (Å²) in [6, 6.07) is 27.1. The summed E-state index contributed by atoms with van der Waals surface area (Å²) in [6.07, 6.45) is 2.13. The smallest absolute Gasteiger partial charge is 0.141 e. The van der Waals surface area contributed by atoms with Crippen LogP contribution in [0.2, 0.25) is 0 Å². The van der Waals surface area contributed by atoms with Crippen molar-refractivity contribution in [3.63, 3.8) is 0 Å². The second-order valence-corrected chi connectivity index (χ2v) is 6.40. The fourth-order valence-electron chi connectivity index (χ4n) is 3.37. The Labute approximate surface area is 153 Å². The molecule has 4 aromatic rings. The Morgan fingerprint density at radius 3 is 2.54 bits per heavy atom. The van der Waals surface area contributed by atoms with E-state index in [1.54, 1.807) is 7.11 Å². The zero-order valence-electron chi connectivity index (χ0n) is 14.9. The number of hydrogen-bond acceptors (Lipinski definition) is 2. The summed E-state index contributed by atoms with van der Waals surface area (Å²) in [4.78, 5) is 4.89. The number of ether oxygens (including phenoxy) is 1. The number of methoxy groups -OCH3 is 1. The van der Waals surface area contributed by atoms with Gasteiger partial charge in [-0.1, -0.05) is 54.6 Å². The van der Waals surface area contributed by atoms with Crippen LogP contribution < -0.4 is 4.74 Å². The molecule has 0 unspecified atom stereocenters. The molecule has 0 bridgehead atoms. The van der Waals surface area contributed by atoms with Gasteiger partial charge in [0.25, 0.3) is 0 Å². The van der Waals surface area contributed by atoms with Crippen molar-refractivity contribution in [1.29, 1.82) is 0 Å². The van der Waals surface area contributed by atoms with Crippen molar-refractivity contribution < 1.29 is 4.74 Å². The molecule has 4 rings (SSSR count). The highest BCUT2D eigenvalue weighted by molar-refractivity contribution is 5.80. The van der Waals surface area contributed by atoms with Gasteiger partial charge in [-0.05, 0) is 42.7 Å². The highest BCUT2D eigenvalue weighted by Gasteiger charge is 2.12. The van der Waals surface area contributed by atoms with Crippen molar-refractivity contribution in [2.75, 3.05) is 7.11 Å². The lowest BCUT2D eigenvalue weighted by molar-refractivity contribution is 0.415. The molecule has 0 atom stereocenters. The molecule has 0 aliphatic carbocycles. The monoisotopic (exact) mass is 342 g/mol. The predicted molar refractivity (Wildman–Crippen MR) is 106 cm³/mol. The van der Waals surface area contributed by atoms with Gasteiger partial charge in [0.1, 0.15) is 11.6 Å². The lowest BCUT2D eigenvalue weighted by Crippen LogP contribution is -2.02. The van der Waals surface area contributed by atoms with E-state index in [-0.39, 0.29) is 0 Å². The van der Waals surface area contributed by atoms with Crippen LogP contribution in [-0.2, 0) is 13.0 Å². The van der Waals surface area contributed by atoms with Gasteiger partial charge in [0.2, 0.25) is 0 Å². The normalized spacial score (nSPS) is 11.0. The maximum atomic E-state index is 5.39. The number of benzene rings is 3. The summed E-state index contributed by atoms with van der Waals surface area (Å²) >= 11 is 0. The Morgan fingerprint density at radius 2 is 1.69 bits per heavy atom. The van der Waals surface area contributed by atoms with Crippen molar-refractivity contribution in [1.82, 2.24) is 9.55 Å². The minimum absolute atomic E-state index is 0.852. The topological polar surface area (TPSA) is 27.1 Å². The second kappa shape index (κ2) is 7.44. The van der Waals surface area contributed by atoms with Crippen molar-refractivity contribution in [3.05, 3.63) is 84.4 Å². The fourth-order valence-corrected chi connectivity index (χ4v) is 3.37. The Kier molecular flexibility index (Phi) is 4.69. The van der Waals surface area contributed by atoms with Crippen LogP contribution in [0, 0.1) is 0 Å². The lowest BCUT2D eigenvalue weighted by atomic mass is 10.1. The Hall–Kier alpha value is -3.07. The van der Waals surface area contributed by atoms with Gasteiger partial charge in [-0.25, -0.2) is 4.98 Å². The molecule has 3 heteroatoms. The first kappa shape index (κ1) is 16.4. The van der Waals surface area contributed by atoms with Crippen LogP contribution in [0.1, 0.15) is 12.0 Å². The second-order valence-electron chi connectivity index (χ2n) is 6.40. The van der Waals surface area contributed by atoms with E-state index in [0.29, 0.717) is 0 Å². The molecule has 0 radical (unpaired) electrons. The van der Waals surface area contributed by atoms with E-state index in [9.17, 15) is 0 Å². The van der Waals surface area contributed by atoms with Crippen LogP contribution in [0.4, 0.5) is 0 Å². The summed E-state index contributed by atoms with van der Waals surface area (Å²) in [7, 11) is 1.70. The maximum Gasteiger partial charge on any atom is 0.141 e. The van der Waals surface area contributed by atoms with Crippen molar-refractivity contribution >= 4 is 11.0 Å². The largest absolute Gasteiger partial charge is 0.497 e. The molecule has 0 saturated carbocycles. The van der Waals surface area contributed by atoms with Gasteiger partial charge < -0.3 is 9.30 Å². The van der Waals surface area contributed by atoms with Crippen molar-refractivity contribution in [2.45, 2.75) is 19.4 Å². The van der Waals surface area contributed by atoms with Gasteiger partial charge in [0.15, 0.2) is 0 Å². The third-order valence-electron chi connectivity index (χ3n) is 4.67. The average Bonchev–Trinajstić information content (AvgIpc) is 3.08. The highest BCUT2D eigenvalue weighted by Crippen LogP contribution is 2.27. The number of hydrogen-bond donors (Lipinski definition) is 0. The molecule has 0 amide bonds. The third-order valence-corrected chi connectivity index (χ3v) is 4.67. The van der Waals surface area contributed by atoms with Gasteiger partial charge in [0.05, 0.1) is 18.1 Å². The summed E-state index contributed by atoms with van der Waals surface area (Å²) in [5, 5.41) is 0. The lowest BCUT2D eigenvalue weighted by Gasteiger charge is -2.10. The van der Waals surface area contributed by atoms with Crippen LogP contribution in [0.25, 0.3) is 22.4 Å². The third kappa shape index (κ3) is 3.33. The SMILES string of the molecule is COc1cccc(-c2nc3ccccc3n2CCCc2ccccc2)c1. The van der Waals surface area contributed by atoms with E-state index in [1.165, 1.54) is 11.1 Å². The molecule has 26 heavy (non-hydrogen) atoms. The molecule has 0 aliphatic rings. The molecule has 130 valence electrons. The van der Waals surface area contributed by atoms with Crippen molar-refractivity contribution in [3.8, 4) is 17.1 Å². The number of imidazole rings is 1. The van der Waals surface area contributed by atoms with Gasteiger partial charge in [0, 0.05) is 12.1 Å². The summed E-state index contributed by atoms with van der Waals surface area (Å²) in [6.45, 7) is 0.932. The molecule has 1 heterocycles. The quantitative estimate of drug-likeness (QED) is 0.472. The van der Waals surface area contributed by atoms with Gasteiger partial charge >= 0.3 is 0 Å². The minimum atomic E-state index is 0.852.